The Morgan fingerprint density at radius 2 is 1.82 bits per heavy atom. The van der Waals surface area contributed by atoms with Gasteiger partial charge in [-0.15, -0.1) is 0 Å². The highest BCUT2D eigenvalue weighted by Gasteiger charge is 2.28. The van der Waals surface area contributed by atoms with E-state index in [9.17, 15) is 4.79 Å². The van der Waals surface area contributed by atoms with Gasteiger partial charge in [-0.3, -0.25) is 9.69 Å². The number of hydrogen-bond donors (Lipinski definition) is 1. The minimum absolute atomic E-state index is 0.0538. The Morgan fingerprint density at radius 1 is 1.12 bits per heavy atom. The molecule has 180 valence electrons. The van der Waals surface area contributed by atoms with E-state index in [0.29, 0.717) is 23.9 Å². The van der Waals surface area contributed by atoms with Crippen molar-refractivity contribution < 1.29 is 14.1 Å². The van der Waals surface area contributed by atoms with Crippen LogP contribution in [0.25, 0.3) is 11.4 Å². The summed E-state index contributed by atoms with van der Waals surface area (Å²) in [6.07, 6.45) is 6.52. The van der Waals surface area contributed by atoms with Gasteiger partial charge in [0.05, 0.1) is 7.11 Å². The van der Waals surface area contributed by atoms with Gasteiger partial charge in [-0.25, -0.2) is 0 Å². The largest absolute Gasteiger partial charge is 0.497 e. The summed E-state index contributed by atoms with van der Waals surface area (Å²) in [5.74, 6) is 1.58. The minimum atomic E-state index is 0.0538. The molecule has 2 atom stereocenters. The van der Waals surface area contributed by atoms with Gasteiger partial charge in [0, 0.05) is 49.7 Å². The Balaban J connectivity index is 1.19. The Bertz CT molecular complexity index is 882. The summed E-state index contributed by atoms with van der Waals surface area (Å²) in [6, 6.07) is 9.41. The van der Waals surface area contributed by atoms with Gasteiger partial charge >= 0.3 is 6.01 Å². The summed E-state index contributed by atoms with van der Waals surface area (Å²) in [5, 5.41) is 7.28. The van der Waals surface area contributed by atoms with Crippen LogP contribution in [0.5, 0.6) is 5.75 Å². The van der Waals surface area contributed by atoms with E-state index in [1.165, 1.54) is 19.3 Å². The second-order valence-corrected chi connectivity index (χ2v) is 9.40. The standard InChI is InChI=1S/C25H37N5O3/c1-18-6-4-7-19(2)30(18)15-5-14-26-24(31)21-12-16-29(17-13-21)25-27-23(28-33-25)20-8-10-22(32-3)11-9-20/h8-11,18-19,21H,4-7,12-17H2,1-3H3,(H,26,31)/t18-,19+. The summed E-state index contributed by atoms with van der Waals surface area (Å²) in [6.45, 7) is 7.95. The van der Waals surface area contributed by atoms with Crippen molar-refractivity contribution in [3.05, 3.63) is 24.3 Å². The second-order valence-electron chi connectivity index (χ2n) is 9.40. The molecule has 0 bridgehead atoms. The maximum Gasteiger partial charge on any atom is 0.324 e. The van der Waals surface area contributed by atoms with Crippen LogP contribution < -0.4 is 15.0 Å². The number of rotatable bonds is 8. The normalized spacial score (nSPS) is 22.3. The van der Waals surface area contributed by atoms with Crippen molar-refractivity contribution in [1.82, 2.24) is 20.4 Å². The molecule has 0 aliphatic carbocycles. The number of anilines is 1. The third kappa shape index (κ3) is 5.85. The molecule has 1 N–H and O–H groups in total. The lowest BCUT2D eigenvalue weighted by atomic mass is 9.96. The summed E-state index contributed by atoms with van der Waals surface area (Å²) in [5.41, 5.74) is 0.883. The van der Waals surface area contributed by atoms with E-state index in [-0.39, 0.29) is 11.8 Å². The van der Waals surface area contributed by atoms with Gasteiger partial charge in [0.15, 0.2) is 0 Å². The van der Waals surface area contributed by atoms with E-state index >= 15 is 0 Å². The molecular formula is C25H37N5O3. The molecule has 1 aromatic carbocycles. The maximum atomic E-state index is 12.7. The monoisotopic (exact) mass is 455 g/mol. The first-order valence-electron chi connectivity index (χ1n) is 12.3. The number of carbonyl (C=O) groups is 1. The molecule has 0 spiro atoms. The lowest BCUT2D eigenvalue weighted by Gasteiger charge is -2.39. The summed E-state index contributed by atoms with van der Waals surface area (Å²) in [4.78, 5) is 21.9. The van der Waals surface area contributed by atoms with Crippen molar-refractivity contribution in [1.29, 1.82) is 0 Å². The van der Waals surface area contributed by atoms with E-state index < -0.39 is 0 Å². The van der Waals surface area contributed by atoms with Crippen LogP contribution in [0.4, 0.5) is 6.01 Å². The molecule has 2 aromatic rings. The van der Waals surface area contributed by atoms with Gasteiger partial charge in [-0.2, -0.15) is 4.98 Å². The van der Waals surface area contributed by atoms with Crippen LogP contribution in [-0.2, 0) is 4.79 Å². The van der Waals surface area contributed by atoms with Crippen molar-refractivity contribution in [2.24, 2.45) is 5.92 Å². The van der Waals surface area contributed by atoms with E-state index in [1.54, 1.807) is 7.11 Å². The quantitative estimate of drug-likeness (QED) is 0.607. The first-order valence-corrected chi connectivity index (χ1v) is 12.3. The number of hydrogen-bond acceptors (Lipinski definition) is 7. The Labute approximate surface area is 196 Å². The lowest BCUT2D eigenvalue weighted by Crippen LogP contribution is -2.45. The van der Waals surface area contributed by atoms with Gasteiger partial charge in [0.25, 0.3) is 0 Å². The van der Waals surface area contributed by atoms with Crippen molar-refractivity contribution in [3.63, 3.8) is 0 Å². The summed E-state index contributed by atoms with van der Waals surface area (Å²) in [7, 11) is 1.64. The molecule has 1 amide bonds. The summed E-state index contributed by atoms with van der Waals surface area (Å²) >= 11 is 0. The zero-order valence-corrected chi connectivity index (χ0v) is 20.1. The fourth-order valence-corrected chi connectivity index (χ4v) is 5.07. The number of nitrogens with one attached hydrogen (secondary N) is 1. The molecule has 8 nitrogen and oxygen atoms in total. The van der Waals surface area contributed by atoms with Gasteiger partial charge in [0.2, 0.25) is 11.7 Å². The maximum absolute atomic E-state index is 12.7. The van der Waals surface area contributed by atoms with Crippen molar-refractivity contribution in [3.8, 4) is 17.1 Å². The van der Waals surface area contributed by atoms with Crippen LogP contribution in [-0.4, -0.2) is 66.3 Å². The number of benzene rings is 1. The van der Waals surface area contributed by atoms with Gasteiger partial charge < -0.3 is 19.5 Å². The van der Waals surface area contributed by atoms with Crippen molar-refractivity contribution in [2.45, 2.75) is 64.5 Å². The molecular weight excluding hydrogens is 418 g/mol. The first kappa shape index (κ1) is 23.5. The lowest BCUT2D eigenvalue weighted by molar-refractivity contribution is -0.125. The molecule has 3 heterocycles. The fourth-order valence-electron chi connectivity index (χ4n) is 5.07. The Kier molecular flexibility index (Phi) is 7.85. The number of piperidine rings is 2. The van der Waals surface area contributed by atoms with Crippen LogP contribution in [0.2, 0.25) is 0 Å². The zero-order valence-electron chi connectivity index (χ0n) is 20.1. The van der Waals surface area contributed by atoms with Crippen LogP contribution in [0.3, 0.4) is 0 Å². The number of amides is 1. The topological polar surface area (TPSA) is 83.7 Å². The molecule has 0 radical (unpaired) electrons. The van der Waals surface area contributed by atoms with E-state index in [2.05, 4.69) is 39.1 Å². The molecule has 0 saturated carbocycles. The highest BCUT2D eigenvalue weighted by molar-refractivity contribution is 5.78. The fraction of sp³-hybridized carbons (Fsp3) is 0.640. The molecule has 8 heteroatoms. The Morgan fingerprint density at radius 3 is 2.48 bits per heavy atom. The minimum Gasteiger partial charge on any atom is -0.497 e. The van der Waals surface area contributed by atoms with E-state index in [1.807, 2.05) is 24.3 Å². The second kappa shape index (κ2) is 11.0. The molecule has 0 unspecified atom stereocenters. The van der Waals surface area contributed by atoms with Crippen LogP contribution in [0, 0.1) is 5.92 Å². The number of methoxy groups -OCH3 is 1. The zero-order chi connectivity index (χ0) is 23.2. The average Bonchev–Trinajstić information content (AvgIpc) is 3.34. The predicted octanol–water partition coefficient (Wildman–Crippen LogP) is 3.73. The molecule has 2 aliphatic rings. The van der Waals surface area contributed by atoms with Gasteiger partial charge in [0.1, 0.15) is 5.75 Å². The van der Waals surface area contributed by atoms with Gasteiger partial charge in [-0.05, 0) is 70.2 Å². The SMILES string of the molecule is COc1ccc(-c2noc(N3CCC(C(=O)NCCCN4[C@H](C)CCC[C@@H]4C)CC3)n2)cc1. The molecule has 2 fully saturated rings. The van der Waals surface area contributed by atoms with Crippen LogP contribution in [0.15, 0.2) is 28.8 Å². The molecule has 1 aromatic heterocycles. The number of ether oxygens (including phenoxy) is 1. The smallest absolute Gasteiger partial charge is 0.324 e. The molecule has 4 rings (SSSR count). The molecule has 2 aliphatic heterocycles. The van der Waals surface area contributed by atoms with Crippen molar-refractivity contribution in [2.75, 3.05) is 38.2 Å². The van der Waals surface area contributed by atoms with Gasteiger partial charge in [-0.1, -0.05) is 11.6 Å². The summed E-state index contributed by atoms with van der Waals surface area (Å²) < 4.78 is 10.7. The first-order chi connectivity index (χ1) is 16.0. The molecule has 2 saturated heterocycles. The van der Waals surface area contributed by atoms with E-state index in [0.717, 1.165) is 56.8 Å². The highest BCUT2D eigenvalue weighted by Crippen LogP contribution is 2.26. The number of carbonyl (C=O) groups excluding carboxylic acids is 1. The third-order valence-corrected chi connectivity index (χ3v) is 7.17. The third-order valence-electron chi connectivity index (χ3n) is 7.17. The van der Waals surface area contributed by atoms with Crippen LogP contribution >= 0.6 is 0 Å². The van der Waals surface area contributed by atoms with Crippen molar-refractivity contribution >= 4 is 11.9 Å². The molecule has 33 heavy (non-hydrogen) atoms. The number of aromatic nitrogens is 2. The van der Waals surface area contributed by atoms with Crippen LogP contribution in [0.1, 0.15) is 52.4 Å². The Hall–Kier alpha value is -2.61. The number of nitrogens with zero attached hydrogens (tertiary/aromatic N) is 4. The highest BCUT2D eigenvalue weighted by atomic mass is 16.5. The number of likely N-dealkylation sites (tertiary alicyclic amines) is 1. The van der Waals surface area contributed by atoms with E-state index in [4.69, 9.17) is 9.26 Å². The average molecular weight is 456 g/mol. The predicted molar refractivity (Wildman–Crippen MR) is 128 cm³/mol.